The van der Waals surface area contributed by atoms with Gasteiger partial charge >= 0.3 is 17.5 Å². The number of carbonyl (C=O) groups is 1. The molecule has 164 valence electrons. The van der Waals surface area contributed by atoms with E-state index < -0.39 is 49.8 Å². The third-order valence-corrected chi connectivity index (χ3v) is 4.36. The highest BCUT2D eigenvalue weighted by atomic mass is 32.2. The number of rotatable bonds is 9. The maximum atomic E-state index is 12.0. The first-order chi connectivity index (χ1) is 14.6. The number of nitro groups is 1. The van der Waals surface area contributed by atoms with Crippen LogP contribution in [0.4, 0.5) is 11.5 Å². The highest BCUT2D eigenvalue weighted by molar-refractivity contribution is 7.90. The Morgan fingerprint density at radius 1 is 1.29 bits per heavy atom. The Hall–Kier alpha value is -3.99. The first-order valence-corrected chi connectivity index (χ1v) is 10.4. The van der Waals surface area contributed by atoms with Crippen molar-refractivity contribution in [3.63, 3.8) is 0 Å². The molecular formula is C17H17N5O8S. The van der Waals surface area contributed by atoms with E-state index in [1.165, 1.54) is 25.3 Å². The number of carbonyl (C=O) groups excluding carboxylic acids is 1. The average molecular weight is 451 g/mol. The van der Waals surface area contributed by atoms with Crippen molar-refractivity contribution in [2.45, 2.75) is 12.1 Å². The summed E-state index contributed by atoms with van der Waals surface area (Å²) in [6.07, 6.45) is 0.798. The lowest BCUT2D eigenvalue weighted by Crippen LogP contribution is -2.19. The van der Waals surface area contributed by atoms with E-state index in [2.05, 4.69) is 15.3 Å². The largest absolute Gasteiger partial charge is 0.497 e. The second-order valence-corrected chi connectivity index (χ2v) is 7.72. The molecule has 0 fully saturated rings. The Bertz CT molecular complexity index is 1160. The van der Waals surface area contributed by atoms with Crippen LogP contribution in [0.15, 0.2) is 23.4 Å². The van der Waals surface area contributed by atoms with Crippen LogP contribution < -0.4 is 14.8 Å². The summed E-state index contributed by atoms with van der Waals surface area (Å²) in [5.74, 6) is -1.88. The molecule has 0 aliphatic rings. The quantitative estimate of drug-likeness (QED) is 0.251. The fraction of sp³-hybridized carbons (Fsp3) is 0.294. The van der Waals surface area contributed by atoms with Crippen molar-refractivity contribution in [3.05, 3.63) is 33.9 Å². The van der Waals surface area contributed by atoms with Crippen LogP contribution in [0.25, 0.3) is 0 Å². The molecule has 0 saturated carbocycles. The number of nitriles is 1. The lowest BCUT2D eigenvalue weighted by Gasteiger charge is -2.12. The average Bonchev–Trinajstić information content (AvgIpc) is 2.70. The molecule has 0 bridgehead atoms. The van der Waals surface area contributed by atoms with Crippen LogP contribution in [0.3, 0.4) is 0 Å². The van der Waals surface area contributed by atoms with E-state index in [-0.39, 0.29) is 23.7 Å². The van der Waals surface area contributed by atoms with E-state index >= 15 is 0 Å². The second kappa shape index (κ2) is 9.67. The zero-order chi connectivity index (χ0) is 23.2. The van der Waals surface area contributed by atoms with Crippen LogP contribution in [-0.4, -0.2) is 55.8 Å². The molecule has 1 N–H and O–H groups in total. The Labute approximate surface area is 176 Å². The van der Waals surface area contributed by atoms with E-state index in [1.54, 1.807) is 6.92 Å². The Balaban J connectivity index is 2.62. The van der Waals surface area contributed by atoms with Crippen molar-refractivity contribution in [1.82, 2.24) is 9.97 Å². The number of aromatic nitrogens is 2. The summed E-state index contributed by atoms with van der Waals surface area (Å²) in [4.78, 5) is 29.7. The highest BCUT2D eigenvalue weighted by Crippen LogP contribution is 2.36. The second-order valence-electron chi connectivity index (χ2n) is 5.81. The molecule has 0 saturated heterocycles. The lowest BCUT2D eigenvalue weighted by atomic mass is 10.2. The monoisotopic (exact) mass is 451 g/mol. The van der Waals surface area contributed by atoms with Gasteiger partial charge in [-0.05, 0) is 19.1 Å². The van der Waals surface area contributed by atoms with Gasteiger partial charge in [-0.1, -0.05) is 0 Å². The first-order valence-electron chi connectivity index (χ1n) is 8.52. The number of benzene rings is 1. The third kappa shape index (κ3) is 6.00. The SMILES string of the molecule is CCOC(=O)CNc1nc(S(C)(=O)=O)nc(Oc2cc(C#N)cc(OC)c2)c1[N+](=O)[O-]. The summed E-state index contributed by atoms with van der Waals surface area (Å²) < 4.78 is 39.2. The molecule has 13 nitrogen and oxygen atoms in total. The molecule has 0 aliphatic carbocycles. The maximum Gasteiger partial charge on any atom is 0.373 e. The van der Waals surface area contributed by atoms with Crippen LogP contribution >= 0.6 is 0 Å². The number of anilines is 1. The van der Waals surface area contributed by atoms with Gasteiger partial charge in [0, 0.05) is 12.3 Å². The van der Waals surface area contributed by atoms with Crippen molar-refractivity contribution >= 4 is 27.3 Å². The molecule has 1 aromatic heterocycles. The molecule has 0 unspecified atom stereocenters. The van der Waals surface area contributed by atoms with Crippen molar-refractivity contribution < 1.29 is 32.3 Å². The van der Waals surface area contributed by atoms with Gasteiger partial charge in [0.25, 0.3) is 5.16 Å². The molecular weight excluding hydrogens is 434 g/mol. The zero-order valence-electron chi connectivity index (χ0n) is 16.6. The fourth-order valence-corrected chi connectivity index (χ4v) is 2.74. The van der Waals surface area contributed by atoms with Gasteiger partial charge in [0.05, 0.1) is 30.3 Å². The summed E-state index contributed by atoms with van der Waals surface area (Å²) in [5.41, 5.74) is -0.701. The predicted molar refractivity (Wildman–Crippen MR) is 105 cm³/mol. The molecule has 0 atom stereocenters. The first kappa shape index (κ1) is 23.3. The zero-order valence-corrected chi connectivity index (χ0v) is 17.4. The number of ether oxygens (including phenoxy) is 3. The van der Waals surface area contributed by atoms with Gasteiger partial charge in [0.1, 0.15) is 18.0 Å². The molecule has 1 heterocycles. The van der Waals surface area contributed by atoms with Crippen LogP contribution in [0.2, 0.25) is 0 Å². The molecule has 1 aromatic carbocycles. The van der Waals surface area contributed by atoms with E-state index in [0.717, 1.165) is 6.26 Å². The standard InChI is InChI=1S/C17H17N5O8S/c1-4-29-13(23)9-19-15-14(22(24)25)16(21-17(20-15)31(3,26)27)30-12-6-10(8-18)5-11(7-12)28-2/h5-7H,4,9H2,1-3H3,(H,19,20,21). The topological polar surface area (TPSA) is 184 Å². The van der Waals surface area contributed by atoms with Crippen molar-refractivity contribution in [3.8, 4) is 23.4 Å². The summed E-state index contributed by atoms with van der Waals surface area (Å²) in [7, 11) is -2.68. The minimum Gasteiger partial charge on any atom is -0.497 e. The van der Waals surface area contributed by atoms with E-state index in [9.17, 15) is 23.3 Å². The number of hydrogen-bond acceptors (Lipinski definition) is 12. The van der Waals surface area contributed by atoms with Crippen LogP contribution in [0.1, 0.15) is 12.5 Å². The van der Waals surface area contributed by atoms with E-state index in [1.807, 2.05) is 6.07 Å². The van der Waals surface area contributed by atoms with Crippen molar-refractivity contribution in [2.75, 3.05) is 31.8 Å². The normalized spacial score (nSPS) is 10.6. The smallest absolute Gasteiger partial charge is 0.373 e. The number of methoxy groups -OCH3 is 1. The summed E-state index contributed by atoms with van der Waals surface area (Å²) in [5, 5.41) is 22.4. The number of nitrogens with one attached hydrogen (secondary N) is 1. The Morgan fingerprint density at radius 3 is 2.52 bits per heavy atom. The lowest BCUT2D eigenvalue weighted by molar-refractivity contribution is -0.385. The number of nitrogens with zero attached hydrogens (tertiary/aromatic N) is 4. The molecule has 31 heavy (non-hydrogen) atoms. The number of hydrogen-bond donors (Lipinski definition) is 1. The Morgan fingerprint density at radius 2 is 1.97 bits per heavy atom. The minimum absolute atomic E-state index is 0.0755. The molecule has 0 radical (unpaired) electrons. The fourth-order valence-electron chi connectivity index (χ4n) is 2.23. The predicted octanol–water partition coefficient (Wildman–Crippen LogP) is 1.44. The highest BCUT2D eigenvalue weighted by Gasteiger charge is 2.30. The van der Waals surface area contributed by atoms with Gasteiger partial charge in [0.2, 0.25) is 15.7 Å². The van der Waals surface area contributed by atoms with Crippen LogP contribution in [0, 0.1) is 21.4 Å². The van der Waals surface area contributed by atoms with Gasteiger partial charge in [-0.3, -0.25) is 14.9 Å². The summed E-state index contributed by atoms with van der Waals surface area (Å²) in [6, 6.07) is 5.84. The van der Waals surface area contributed by atoms with Crippen molar-refractivity contribution in [1.29, 1.82) is 5.26 Å². The van der Waals surface area contributed by atoms with Gasteiger partial charge in [-0.2, -0.15) is 15.2 Å². The molecule has 0 amide bonds. The third-order valence-electron chi connectivity index (χ3n) is 3.51. The molecule has 0 aliphatic heterocycles. The molecule has 14 heteroatoms. The van der Waals surface area contributed by atoms with Gasteiger partial charge in [-0.25, -0.2) is 8.42 Å². The molecule has 2 rings (SSSR count). The van der Waals surface area contributed by atoms with Gasteiger partial charge in [0.15, 0.2) is 0 Å². The minimum atomic E-state index is -4.02. The molecule has 2 aromatic rings. The summed E-state index contributed by atoms with van der Waals surface area (Å²) in [6.45, 7) is 1.13. The van der Waals surface area contributed by atoms with Gasteiger partial charge < -0.3 is 19.5 Å². The summed E-state index contributed by atoms with van der Waals surface area (Å²) >= 11 is 0. The van der Waals surface area contributed by atoms with Crippen molar-refractivity contribution in [2.24, 2.45) is 0 Å². The number of sulfone groups is 1. The maximum absolute atomic E-state index is 12.0. The molecule has 0 spiro atoms. The Kier molecular flexibility index (Phi) is 7.27. The van der Waals surface area contributed by atoms with Crippen LogP contribution in [0.5, 0.6) is 17.4 Å². The number of esters is 1. The van der Waals surface area contributed by atoms with Crippen LogP contribution in [-0.2, 0) is 19.4 Å². The van der Waals surface area contributed by atoms with E-state index in [4.69, 9.17) is 19.5 Å². The van der Waals surface area contributed by atoms with E-state index in [0.29, 0.717) is 0 Å². The van der Waals surface area contributed by atoms with Gasteiger partial charge in [-0.15, -0.1) is 0 Å².